The molecule has 0 aromatic heterocycles. The lowest BCUT2D eigenvalue weighted by atomic mass is 9.88. The topological polar surface area (TPSA) is 373 Å². The number of unbranched alkanes of at least 4 members (excludes halogenated alkanes) is 28. The lowest BCUT2D eigenvalue weighted by Crippen LogP contribution is -2.70. The number of aliphatic carboxylic acids is 1. The minimum atomic E-state index is -3.08. The first-order chi connectivity index (χ1) is 42.4. The van der Waals surface area contributed by atoms with Gasteiger partial charge in [-0.1, -0.05) is 192 Å². The van der Waals surface area contributed by atoms with Crippen LogP contribution >= 0.6 is 0 Å². The highest BCUT2D eigenvalue weighted by Gasteiger charge is 2.60. The van der Waals surface area contributed by atoms with E-state index >= 15 is 0 Å². The summed E-state index contributed by atoms with van der Waals surface area (Å²) in [5.74, 6) is -6.15. The minimum Gasteiger partial charge on any atom is -0.477 e. The van der Waals surface area contributed by atoms with E-state index in [1.54, 1.807) is 6.08 Å². The second kappa shape index (κ2) is 46.3. The van der Waals surface area contributed by atoms with Crippen molar-refractivity contribution in [2.45, 2.75) is 342 Å². The third kappa shape index (κ3) is 29.0. The molecule has 3 saturated heterocycles. The van der Waals surface area contributed by atoms with Crippen LogP contribution in [0.4, 0.5) is 0 Å². The van der Waals surface area contributed by atoms with Crippen molar-refractivity contribution >= 4 is 17.8 Å². The summed E-state index contributed by atoms with van der Waals surface area (Å²) in [4.78, 5) is 38.4. The van der Waals surface area contributed by atoms with E-state index in [9.17, 15) is 75.7 Å². The molecule has 3 rings (SSSR count). The number of hydrogen-bond donors (Lipinski definition) is 14. The Morgan fingerprint density at radius 2 is 1.07 bits per heavy atom. The molecule has 88 heavy (non-hydrogen) atoms. The van der Waals surface area contributed by atoms with E-state index in [4.69, 9.17) is 28.4 Å². The Morgan fingerprint density at radius 3 is 1.57 bits per heavy atom. The minimum absolute atomic E-state index is 0.190. The van der Waals surface area contributed by atoms with Gasteiger partial charge in [0.1, 0.15) is 67.1 Å². The molecule has 2 amide bonds. The van der Waals surface area contributed by atoms with Crippen molar-refractivity contribution in [2.24, 2.45) is 0 Å². The second-order valence-corrected chi connectivity index (χ2v) is 24.7. The predicted octanol–water partition coefficient (Wildman–Crippen LogP) is 5.28. The Labute approximate surface area is 523 Å². The van der Waals surface area contributed by atoms with Gasteiger partial charge < -0.3 is 100 Å². The number of carboxylic acid groups (broad SMARTS) is 1. The van der Waals surface area contributed by atoms with Gasteiger partial charge in [0.05, 0.1) is 50.7 Å². The van der Waals surface area contributed by atoms with Gasteiger partial charge >= 0.3 is 5.97 Å². The molecule has 0 saturated carbocycles. The van der Waals surface area contributed by atoms with Gasteiger partial charge in [0.2, 0.25) is 11.8 Å². The molecule has 23 heteroatoms. The number of allylic oxidation sites excluding steroid dienone is 3. The molecule has 14 N–H and O–H groups in total. The highest BCUT2D eigenvalue weighted by atomic mass is 16.8. The van der Waals surface area contributed by atoms with E-state index in [1.165, 1.54) is 128 Å². The second-order valence-electron chi connectivity index (χ2n) is 24.7. The fraction of sp³-hybridized carbons (Fsp3) is 0.892. The van der Waals surface area contributed by atoms with E-state index < -0.39 is 155 Å². The number of rotatable bonds is 50. The Hall–Kier alpha value is -2.79. The molecule has 0 aromatic rings. The summed E-state index contributed by atoms with van der Waals surface area (Å²) in [6.45, 7) is 2.09. The number of ether oxygens (including phenoxy) is 6. The number of carbonyl (C=O) groups excluding carboxylic acids is 2. The standard InChI is InChI=1S/C65H118N2O21/c1-4-6-8-10-12-14-16-18-19-20-21-22-23-24-25-26-27-28-30-32-34-36-38-47(72)46(67-52(75)39-37-35-33-31-29-17-15-13-11-9-7-5-2)44-83-62-57(79)56(78)59(51(43-70)85-62)86-63-58(80)61(55(77)50(42-69)84-63)88-65(64(81)82)40-48(73)53(66-45(3)71)60(87-65)54(76)49(74)41-68/h13,15,36,38,46-51,53-63,68-70,72-74,76-80H,4-12,14,16-35,37,39-44H2,1-3H3,(H,66,71)(H,67,75)(H,81,82)/b15-13-,38-36+. The quantitative estimate of drug-likeness (QED) is 0.0272. The van der Waals surface area contributed by atoms with Crippen LogP contribution in [0, 0.1) is 0 Å². The van der Waals surface area contributed by atoms with Gasteiger partial charge in [-0.25, -0.2) is 4.79 Å². The average molecular weight is 1260 g/mol. The maximum absolute atomic E-state index is 13.4. The average Bonchev–Trinajstić information content (AvgIpc) is 1.21. The van der Waals surface area contributed by atoms with Crippen LogP contribution in [-0.4, -0.2) is 215 Å². The summed E-state index contributed by atoms with van der Waals surface area (Å²) in [5.41, 5.74) is 0. The van der Waals surface area contributed by atoms with Gasteiger partial charge in [-0.3, -0.25) is 9.59 Å². The zero-order valence-electron chi connectivity index (χ0n) is 53.3. The summed E-state index contributed by atoms with van der Waals surface area (Å²) in [6, 6.07) is -2.62. The summed E-state index contributed by atoms with van der Waals surface area (Å²) in [7, 11) is 0. The molecule has 3 heterocycles. The largest absolute Gasteiger partial charge is 0.477 e. The van der Waals surface area contributed by atoms with Gasteiger partial charge in [-0.2, -0.15) is 0 Å². The van der Waals surface area contributed by atoms with E-state index in [-0.39, 0.29) is 12.3 Å². The molecule has 0 bridgehead atoms. The third-order valence-electron chi connectivity index (χ3n) is 17.1. The van der Waals surface area contributed by atoms with Crippen LogP contribution in [0.25, 0.3) is 0 Å². The van der Waals surface area contributed by atoms with Crippen molar-refractivity contribution in [2.75, 3.05) is 26.4 Å². The zero-order chi connectivity index (χ0) is 64.7. The highest BCUT2D eigenvalue weighted by molar-refractivity contribution is 5.77. The van der Waals surface area contributed by atoms with Gasteiger partial charge in [0, 0.05) is 19.8 Å². The summed E-state index contributed by atoms with van der Waals surface area (Å²) in [5, 5.41) is 136. The van der Waals surface area contributed by atoms with Crippen LogP contribution in [0.2, 0.25) is 0 Å². The van der Waals surface area contributed by atoms with E-state index in [0.29, 0.717) is 12.8 Å². The van der Waals surface area contributed by atoms with E-state index in [2.05, 4.69) is 36.6 Å². The fourth-order valence-corrected chi connectivity index (χ4v) is 11.7. The normalized spacial score (nSPS) is 29.1. The first-order valence-corrected chi connectivity index (χ1v) is 33.7. The first kappa shape index (κ1) is 79.4. The number of aliphatic hydroxyl groups excluding tert-OH is 11. The van der Waals surface area contributed by atoms with Crippen molar-refractivity contribution in [1.29, 1.82) is 0 Å². The fourth-order valence-electron chi connectivity index (χ4n) is 11.7. The predicted molar refractivity (Wildman–Crippen MR) is 329 cm³/mol. The third-order valence-corrected chi connectivity index (χ3v) is 17.1. The smallest absolute Gasteiger partial charge is 0.364 e. The molecule has 0 spiro atoms. The lowest BCUT2D eigenvalue weighted by Gasteiger charge is -2.50. The molecular weight excluding hydrogens is 1140 g/mol. The van der Waals surface area contributed by atoms with Crippen molar-refractivity contribution in [1.82, 2.24) is 10.6 Å². The number of carbonyl (C=O) groups is 3. The molecule has 3 fully saturated rings. The maximum atomic E-state index is 13.4. The molecular formula is C65H118N2O21. The number of hydrogen-bond acceptors (Lipinski definition) is 20. The van der Waals surface area contributed by atoms with Crippen LogP contribution in [0.5, 0.6) is 0 Å². The van der Waals surface area contributed by atoms with Gasteiger partial charge in [0.15, 0.2) is 12.6 Å². The monoisotopic (exact) mass is 1260 g/mol. The lowest BCUT2D eigenvalue weighted by molar-refractivity contribution is -0.386. The first-order valence-electron chi connectivity index (χ1n) is 33.7. The molecule has 18 atom stereocenters. The van der Waals surface area contributed by atoms with Gasteiger partial charge in [-0.15, -0.1) is 0 Å². The molecule has 23 nitrogen and oxygen atoms in total. The van der Waals surface area contributed by atoms with Crippen LogP contribution in [0.3, 0.4) is 0 Å². The zero-order valence-corrected chi connectivity index (χ0v) is 53.3. The SMILES string of the molecule is CCCCC/C=C\CCCCCCCC(=O)NC(COC1OC(CO)C(OC2OC(CO)C(O)C(OC3(C(=O)O)CC(O)C(NC(C)=O)C(C(O)C(O)CO)O3)C2O)C(O)C1O)C(O)/C=C/CCCCCCCCCCCCCCCCCCCCCC. The van der Waals surface area contributed by atoms with Crippen LogP contribution < -0.4 is 10.6 Å². The molecule has 0 aliphatic carbocycles. The van der Waals surface area contributed by atoms with E-state index in [1.807, 2.05) is 6.08 Å². The number of amides is 2. The van der Waals surface area contributed by atoms with E-state index in [0.717, 1.165) is 64.7 Å². The van der Waals surface area contributed by atoms with Crippen LogP contribution in [0.1, 0.15) is 233 Å². The van der Waals surface area contributed by atoms with Gasteiger partial charge in [-0.05, 0) is 44.9 Å². The molecule has 3 aliphatic rings. The highest BCUT2D eigenvalue weighted by Crippen LogP contribution is 2.39. The number of carboxylic acids is 1. The van der Waals surface area contributed by atoms with Crippen molar-refractivity contribution < 1.29 is 104 Å². The summed E-state index contributed by atoms with van der Waals surface area (Å²) >= 11 is 0. The van der Waals surface area contributed by atoms with Crippen molar-refractivity contribution in [3.63, 3.8) is 0 Å². The molecule has 18 unspecified atom stereocenters. The molecule has 3 aliphatic heterocycles. The van der Waals surface area contributed by atoms with Crippen molar-refractivity contribution in [3.8, 4) is 0 Å². The van der Waals surface area contributed by atoms with Gasteiger partial charge in [0.25, 0.3) is 5.79 Å². The summed E-state index contributed by atoms with van der Waals surface area (Å²) in [6.07, 6.45) is 15.2. The Morgan fingerprint density at radius 1 is 0.591 bits per heavy atom. The molecule has 0 radical (unpaired) electrons. The Balaban J connectivity index is 1.60. The number of nitrogens with one attached hydrogen (secondary N) is 2. The Kier molecular flexibility index (Phi) is 41.8. The maximum Gasteiger partial charge on any atom is 0.364 e. The molecule has 514 valence electrons. The number of aliphatic hydroxyl groups is 11. The summed E-state index contributed by atoms with van der Waals surface area (Å²) < 4.78 is 34.7. The van der Waals surface area contributed by atoms with Crippen LogP contribution in [0.15, 0.2) is 24.3 Å². The van der Waals surface area contributed by atoms with Crippen LogP contribution in [-0.2, 0) is 42.8 Å². The van der Waals surface area contributed by atoms with Crippen molar-refractivity contribution in [3.05, 3.63) is 24.3 Å². The Bertz CT molecular complexity index is 1890. The molecule has 0 aromatic carbocycles.